The lowest BCUT2D eigenvalue weighted by Crippen LogP contribution is -2.10. The summed E-state index contributed by atoms with van der Waals surface area (Å²) in [5, 5.41) is 8.84. The quantitative estimate of drug-likeness (QED) is 0.136. The molecule has 0 aliphatic rings. The topological polar surface area (TPSA) is 59.0 Å². The van der Waals surface area contributed by atoms with Crippen LogP contribution in [0.25, 0.3) is 132 Å². The first-order valence-corrected chi connectivity index (χ1v) is 30.3. The van der Waals surface area contributed by atoms with Gasteiger partial charge in [-0.25, -0.2) is 0 Å². The Hall–Kier alpha value is -12.1. The molecule has 0 unspecified atom stereocenters. The Morgan fingerprint density at radius 3 is 0.956 bits per heavy atom. The van der Waals surface area contributed by atoms with Gasteiger partial charge in [0.1, 0.15) is 44.7 Å². The lowest BCUT2D eigenvalue weighted by molar-refractivity contribution is 0.668. The molecular formula is C84H54N2O4. The molecule has 0 bridgehead atoms. The number of para-hydroxylation sites is 4. The molecule has 0 amide bonds. The molecule has 4 heterocycles. The number of nitrogens with zero attached hydrogens (tertiary/aromatic N) is 2. The van der Waals surface area contributed by atoms with Crippen molar-refractivity contribution in [1.29, 1.82) is 0 Å². The number of anilines is 6. The molecule has 424 valence electrons. The highest BCUT2D eigenvalue weighted by Crippen LogP contribution is 2.46. The molecule has 18 aromatic rings. The Kier molecular flexibility index (Phi) is 12.8. The highest BCUT2D eigenvalue weighted by Gasteiger charge is 2.22. The van der Waals surface area contributed by atoms with Gasteiger partial charge < -0.3 is 27.5 Å². The monoisotopic (exact) mass is 1150 g/mol. The summed E-state index contributed by atoms with van der Waals surface area (Å²) < 4.78 is 25.1. The minimum Gasteiger partial charge on any atom is -0.456 e. The molecule has 14 aromatic carbocycles. The normalized spacial score (nSPS) is 11.6. The maximum absolute atomic E-state index is 6.33. The molecule has 0 radical (unpaired) electrons. The Morgan fingerprint density at radius 2 is 0.467 bits per heavy atom. The van der Waals surface area contributed by atoms with Crippen LogP contribution >= 0.6 is 0 Å². The van der Waals surface area contributed by atoms with E-state index in [-0.39, 0.29) is 0 Å². The summed E-state index contributed by atoms with van der Waals surface area (Å²) in [6, 6.07) is 115. The maximum Gasteiger partial charge on any atom is 0.137 e. The average Bonchev–Trinajstić information content (AvgIpc) is 1.74. The summed E-state index contributed by atoms with van der Waals surface area (Å²) >= 11 is 0. The second-order valence-corrected chi connectivity index (χ2v) is 22.7. The Labute approximate surface area is 518 Å². The zero-order chi connectivity index (χ0) is 59.5. The highest BCUT2D eigenvalue weighted by molar-refractivity contribution is 6.14. The summed E-state index contributed by atoms with van der Waals surface area (Å²) in [6.45, 7) is 0. The summed E-state index contributed by atoms with van der Waals surface area (Å²) in [7, 11) is 0. The van der Waals surface area contributed by atoms with Gasteiger partial charge in [0.25, 0.3) is 0 Å². The highest BCUT2D eigenvalue weighted by atomic mass is 16.3. The van der Waals surface area contributed by atoms with Crippen molar-refractivity contribution in [2.75, 3.05) is 9.80 Å². The van der Waals surface area contributed by atoms with E-state index in [9.17, 15) is 0 Å². The molecule has 0 saturated heterocycles. The lowest BCUT2D eigenvalue weighted by atomic mass is 10.00. The van der Waals surface area contributed by atoms with E-state index in [0.717, 1.165) is 127 Å². The molecule has 0 N–H and O–H groups in total. The SMILES string of the molecule is c1ccc(-c2ccc(-c3ccc(N(c4ccc5c(c4)oc4ccccc45)c4ccc5oc6ccccc6c5c4)cc3)cc2)cc1.c1ccc(-c2ccc(-c3ccc(N(c4ccc5c(c4)oc4ccccc45)c4cccc5oc6ccccc6c45)cc3)cc2)cc1. The van der Waals surface area contributed by atoms with Gasteiger partial charge in [0.05, 0.1) is 11.1 Å². The average molecular weight is 1160 g/mol. The molecule has 0 saturated carbocycles. The van der Waals surface area contributed by atoms with Crippen LogP contribution in [0.3, 0.4) is 0 Å². The summed E-state index contributed by atoms with van der Waals surface area (Å²) in [5.74, 6) is 0. The third kappa shape index (κ3) is 9.39. The van der Waals surface area contributed by atoms with Crippen molar-refractivity contribution in [2.24, 2.45) is 0 Å². The van der Waals surface area contributed by atoms with Gasteiger partial charge in [0, 0.05) is 78.3 Å². The molecule has 0 fully saturated rings. The van der Waals surface area contributed by atoms with Crippen LogP contribution in [0.2, 0.25) is 0 Å². The maximum atomic E-state index is 6.33. The standard InChI is InChI=1S/2C42H27NO2/c1-2-9-28(10-3-1)29-17-19-30(20-18-29)31-21-23-32(24-22-31)43(33-25-26-35-34-11-4-6-14-38(34)45-41(35)27-33)37-13-8-16-40-42(37)36-12-5-7-15-39(36)44-40;1-2-8-28(9-3-1)29-14-16-30(17-15-29)31-18-20-32(21-19-31)43(33-23-25-41-38(26-33)36-11-5-7-13-40(36)44-41)34-22-24-37-35-10-4-6-12-39(35)45-42(37)27-34/h2*1-27H. The molecule has 0 atom stereocenters. The van der Waals surface area contributed by atoms with E-state index in [1.54, 1.807) is 0 Å². The van der Waals surface area contributed by atoms with E-state index in [0.29, 0.717) is 0 Å². The molecule has 90 heavy (non-hydrogen) atoms. The van der Waals surface area contributed by atoms with Crippen LogP contribution in [-0.4, -0.2) is 0 Å². The predicted octanol–water partition coefficient (Wildman–Crippen LogP) is 24.6. The van der Waals surface area contributed by atoms with Crippen molar-refractivity contribution in [2.45, 2.75) is 0 Å². The van der Waals surface area contributed by atoms with Gasteiger partial charge in [-0.1, -0.05) is 212 Å². The van der Waals surface area contributed by atoms with Crippen molar-refractivity contribution in [3.05, 3.63) is 328 Å². The minimum atomic E-state index is 0.859. The van der Waals surface area contributed by atoms with Gasteiger partial charge in [-0.15, -0.1) is 0 Å². The first-order valence-electron chi connectivity index (χ1n) is 30.3. The number of hydrogen-bond donors (Lipinski definition) is 0. The van der Waals surface area contributed by atoms with Crippen LogP contribution in [0, 0.1) is 0 Å². The van der Waals surface area contributed by atoms with Crippen LogP contribution in [0.5, 0.6) is 0 Å². The van der Waals surface area contributed by atoms with Gasteiger partial charge in [-0.05, 0) is 148 Å². The molecule has 0 spiro atoms. The van der Waals surface area contributed by atoms with Crippen LogP contribution in [-0.2, 0) is 0 Å². The Balaban J connectivity index is 0.000000139. The molecule has 0 aliphatic heterocycles. The van der Waals surface area contributed by atoms with Gasteiger partial charge in [0.2, 0.25) is 0 Å². The van der Waals surface area contributed by atoms with Crippen LogP contribution in [0.4, 0.5) is 34.1 Å². The van der Waals surface area contributed by atoms with Crippen LogP contribution in [0.15, 0.2) is 345 Å². The molecule has 18 rings (SSSR count). The smallest absolute Gasteiger partial charge is 0.137 e. The number of benzene rings is 14. The fraction of sp³-hybridized carbons (Fsp3) is 0. The number of fused-ring (bicyclic) bond motifs is 12. The molecule has 4 aromatic heterocycles. The third-order valence-corrected chi connectivity index (χ3v) is 17.4. The fourth-order valence-electron chi connectivity index (χ4n) is 13.0. The zero-order valence-corrected chi connectivity index (χ0v) is 48.7. The van der Waals surface area contributed by atoms with Crippen LogP contribution < -0.4 is 9.80 Å². The van der Waals surface area contributed by atoms with E-state index < -0.39 is 0 Å². The van der Waals surface area contributed by atoms with Gasteiger partial charge in [-0.2, -0.15) is 0 Å². The number of furan rings is 4. The second kappa shape index (κ2) is 22.0. The minimum absolute atomic E-state index is 0.859. The van der Waals surface area contributed by atoms with Crippen molar-refractivity contribution < 1.29 is 17.7 Å². The summed E-state index contributed by atoms with van der Waals surface area (Å²) in [6.07, 6.45) is 0. The van der Waals surface area contributed by atoms with Gasteiger partial charge >= 0.3 is 0 Å². The lowest BCUT2D eigenvalue weighted by Gasteiger charge is -2.26. The van der Waals surface area contributed by atoms with Gasteiger partial charge in [-0.3, -0.25) is 0 Å². The Morgan fingerprint density at radius 1 is 0.167 bits per heavy atom. The molecule has 6 heteroatoms. The first kappa shape index (κ1) is 52.2. The Bertz CT molecular complexity index is 5640. The van der Waals surface area contributed by atoms with Crippen molar-refractivity contribution >= 4 is 122 Å². The van der Waals surface area contributed by atoms with E-state index in [2.05, 4.69) is 271 Å². The summed E-state index contributed by atoms with van der Waals surface area (Å²) in [4.78, 5) is 4.59. The predicted molar refractivity (Wildman–Crippen MR) is 373 cm³/mol. The second-order valence-electron chi connectivity index (χ2n) is 22.7. The molecular weight excluding hydrogens is 1100 g/mol. The number of hydrogen-bond acceptors (Lipinski definition) is 6. The molecule has 0 aliphatic carbocycles. The molecule has 6 nitrogen and oxygen atoms in total. The third-order valence-electron chi connectivity index (χ3n) is 17.4. The zero-order valence-electron chi connectivity index (χ0n) is 48.7. The van der Waals surface area contributed by atoms with E-state index in [1.807, 2.05) is 66.7 Å². The first-order chi connectivity index (χ1) is 44.6. The van der Waals surface area contributed by atoms with E-state index in [1.165, 1.54) is 38.9 Å². The van der Waals surface area contributed by atoms with Crippen LogP contribution in [0.1, 0.15) is 0 Å². The fourth-order valence-corrected chi connectivity index (χ4v) is 13.0. The van der Waals surface area contributed by atoms with E-state index >= 15 is 0 Å². The summed E-state index contributed by atoms with van der Waals surface area (Å²) in [5.41, 5.74) is 22.8. The number of rotatable bonds is 10. The van der Waals surface area contributed by atoms with Crippen molar-refractivity contribution in [3.8, 4) is 44.5 Å². The van der Waals surface area contributed by atoms with Crippen molar-refractivity contribution in [1.82, 2.24) is 0 Å². The van der Waals surface area contributed by atoms with E-state index in [4.69, 9.17) is 17.7 Å². The largest absolute Gasteiger partial charge is 0.456 e. The van der Waals surface area contributed by atoms with Crippen molar-refractivity contribution in [3.63, 3.8) is 0 Å². The van der Waals surface area contributed by atoms with Gasteiger partial charge in [0.15, 0.2) is 0 Å².